The molecule has 2 aliphatic rings. The first-order valence-corrected chi connectivity index (χ1v) is 10.0. The quantitative estimate of drug-likeness (QED) is 0.828. The molecular formula is C21H29FN2O3. The zero-order chi connectivity index (χ0) is 19.2. The molecule has 0 aromatic heterocycles. The average Bonchev–Trinajstić information content (AvgIpc) is 2.68. The number of hydrogen-bond donors (Lipinski definition) is 1. The number of likely N-dealkylation sites (tertiary alicyclic amines) is 1. The van der Waals surface area contributed by atoms with Gasteiger partial charge in [-0.2, -0.15) is 0 Å². The van der Waals surface area contributed by atoms with Crippen LogP contribution in [0.25, 0.3) is 0 Å². The summed E-state index contributed by atoms with van der Waals surface area (Å²) in [6.07, 6.45) is 6.97. The van der Waals surface area contributed by atoms with Crippen LogP contribution in [0.3, 0.4) is 0 Å². The average molecular weight is 376 g/mol. The largest absolute Gasteiger partial charge is 0.481 e. The SMILES string of the molecule is O=C(O)C1CCCN(CC(=O)N(Cc2ccc(F)cc2)C2CCCCC2)C1. The van der Waals surface area contributed by atoms with Gasteiger partial charge in [-0.3, -0.25) is 14.5 Å². The Hall–Kier alpha value is -1.95. The van der Waals surface area contributed by atoms with Gasteiger partial charge in [-0.05, 0) is 49.9 Å². The van der Waals surface area contributed by atoms with Crippen molar-refractivity contribution in [1.82, 2.24) is 9.80 Å². The molecule has 1 heterocycles. The molecule has 148 valence electrons. The topological polar surface area (TPSA) is 60.9 Å². The highest BCUT2D eigenvalue weighted by molar-refractivity contribution is 5.79. The van der Waals surface area contributed by atoms with Crippen molar-refractivity contribution in [3.63, 3.8) is 0 Å². The Morgan fingerprint density at radius 1 is 1.07 bits per heavy atom. The molecule has 1 N–H and O–H groups in total. The van der Waals surface area contributed by atoms with E-state index in [2.05, 4.69) is 0 Å². The van der Waals surface area contributed by atoms with Crippen LogP contribution < -0.4 is 0 Å². The number of piperidine rings is 1. The molecule has 1 saturated heterocycles. The van der Waals surface area contributed by atoms with Gasteiger partial charge in [0.05, 0.1) is 12.5 Å². The fourth-order valence-corrected chi connectivity index (χ4v) is 4.28. The van der Waals surface area contributed by atoms with Crippen LogP contribution in [-0.2, 0) is 16.1 Å². The highest BCUT2D eigenvalue weighted by atomic mass is 19.1. The molecule has 0 radical (unpaired) electrons. The molecule has 1 atom stereocenters. The van der Waals surface area contributed by atoms with Crippen molar-refractivity contribution in [2.24, 2.45) is 5.92 Å². The first kappa shape index (κ1) is 19.8. The molecule has 0 bridgehead atoms. The maximum absolute atomic E-state index is 13.2. The third-order valence-electron chi connectivity index (χ3n) is 5.82. The lowest BCUT2D eigenvalue weighted by atomic mass is 9.93. The van der Waals surface area contributed by atoms with Crippen molar-refractivity contribution < 1.29 is 19.1 Å². The van der Waals surface area contributed by atoms with Crippen molar-refractivity contribution in [3.8, 4) is 0 Å². The van der Waals surface area contributed by atoms with E-state index in [4.69, 9.17) is 0 Å². The summed E-state index contributed by atoms with van der Waals surface area (Å²) in [6, 6.07) is 6.55. The fraction of sp³-hybridized carbons (Fsp3) is 0.619. The molecule has 1 saturated carbocycles. The summed E-state index contributed by atoms with van der Waals surface area (Å²) in [5, 5.41) is 9.27. The minimum Gasteiger partial charge on any atom is -0.481 e. The summed E-state index contributed by atoms with van der Waals surface area (Å²) in [5.74, 6) is -1.38. The molecule has 1 amide bonds. The Morgan fingerprint density at radius 2 is 1.78 bits per heavy atom. The van der Waals surface area contributed by atoms with E-state index in [1.807, 2.05) is 9.80 Å². The van der Waals surface area contributed by atoms with Gasteiger partial charge in [-0.15, -0.1) is 0 Å². The standard InChI is InChI=1S/C21H29FN2O3/c22-18-10-8-16(9-11-18)13-24(19-6-2-1-3-7-19)20(25)15-23-12-4-5-17(14-23)21(26)27/h8-11,17,19H,1-7,12-15H2,(H,26,27). The van der Waals surface area contributed by atoms with Crippen molar-refractivity contribution in [1.29, 1.82) is 0 Å². The number of aliphatic carboxylic acids is 1. The number of carboxylic acids is 1. The van der Waals surface area contributed by atoms with Crippen LogP contribution in [0.5, 0.6) is 0 Å². The third kappa shape index (κ3) is 5.51. The zero-order valence-electron chi connectivity index (χ0n) is 15.8. The molecule has 27 heavy (non-hydrogen) atoms. The van der Waals surface area contributed by atoms with E-state index in [9.17, 15) is 19.1 Å². The van der Waals surface area contributed by atoms with E-state index in [-0.39, 0.29) is 30.2 Å². The van der Waals surface area contributed by atoms with E-state index < -0.39 is 5.97 Å². The molecule has 6 heteroatoms. The summed E-state index contributed by atoms with van der Waals surface area (Å²) < 4.78 is 13.2. The second kappa shape index (κ2) is 9.31. The van der Waals surface area contributed by atoms with Gasteiger partial charge in [0.25, 0.3) is 0 Å². The molecule has 1 aliphatic heterocycles. The minimum absolute atomic E-state index is 0.0530. The number of carbonyl (C=O) groups is 2. The number of benzene rings is 1. The van der Waals surface area contributed by atoms with Crippen LogP contribution in [0.1, 0.15) is 50.5 Å². The predicted molar refractivity (Wildman–Crippen MR) is 101 cm³/mol. The van der Waals surface area contributed by atoms with Crippen LogP contribution in [-0.4, -0.2) is 52.5 Å². The first-order chi connectivity index (χ1) is 13.0. The summed E-state index contributed by atoms with van der Waals surface area (Å²) in [7, 11) is 0. The van der Waals surface area contributed by atoms with Gasteiger partial charge in [-0.25, -0.2) is 4.39 Å². The predicted octanol–water partition coefficient (Wildman–Crippen LogP) is 3.28. The van der Waals surface area contributed by atoms with Gasteiger partial charge < -0.3 is 10.0 Å². The van der Waals surface area contributed by atoms with E-state index in [1.54, 1.807) is 12.1 Å². The van der Waals surface area contributed by atoms with Crippen molar-refractivity contribution in [2.45, 2.75) is 57.5 Å². The van der Waals surface area contributed by atoms with Gasteiger partial charge in [0, 0.05) is 19.1 Å². The fourth-order valence-electron chi connectivity index (χ4n) is 4.28. The molecular weight excluding hydrogens is 347 g/mol. The molecule has 1 unspecified atom stereocenters. The Labute approximate surface area is 160 Å². The molecule has 0 spiro atoms. The lowest BCUT2D eigenvalue weighted by Crippen LogP contribution is -2.48. The molecule has 3 rings (SSSR count). The Balaban J connectivity index is 1.68. The summed E-state index contributed by atoms with van der Waals surface area (Å²) in [5.41, 5.74) is 0.928. The Kier molecular flexibility index (Phi) is 6.83. The zero-order valence-corrected chi connectivity index (χ0v) is 15.8. The van der Waals surface area contributed by atoms with E-state index in [1.165, 1.54) is 18.6 Å². The number of carbonyl (C=O) groups excluding carboxylic acids is 1. The van der Waals surface area contributed by atoms with Gasteiger partial charge in [-0.1, -0.05) is 31.4 Å². The molecule has 1 aliphatic carbocycles. The maximum Gasteiger partial charge on any atom is 0.307 e. The maximum atomic E-state index is 13.2. The third-order valence-corrected chi connectivity index (χ3v) is 5.82. The number of hydrogen-bond acceptors (Lipinski definition) is 3. The van der Waals surface area contributed by atoms with Gasteiger partial charge in [0.2, 0.25) is 5.91 Å². The summed E-state index contributed by atoms with van der Waals surface area (Å²) in [6.45, 7) is 1.96. The lowest BCUT2D eigenvalue weighted by molar-refractivity contribution is -0.145. The minimum atomic E-state index is -0.775. The highest BCUT2D eigenvalue weighted by Gasteiger charge is 2.30. The van der Waals surface area contributed by atoms with Crippen LogP contribution in [0.2, 0.25) is 0 Å². The van der Waals surface area contributed by atoms with Crippen LogP contribution in [0.15, 0.2) is 24.3 Å². The Bertz CT molecular complexity index is 643. The van der Waals surface area contributed by atoms with Crippen molar-refractivity contribution >= 4 is 11.9 Å². The van der Waals surface area contributed by atoms with E-state index in [0.29, 0.717) is 19.5 Å². The van der Waals surface area contributed by atoms with E-state index >= 15 is 0 Å². The second-order valence-corrected chi connectivity index (χ2v) is 7.85. The molecule has 2 fully saturated rings. The normalized spacial score (nSPS) is 21.7. The van der Waals surface area contributed by atoms with Crippen LogP contribution in [0.4, 0.5) is 4.39 Å². The van der Waals surface area contributed by atoms with Crippen molar-refractivity contribution in [2.75, 3.05) is 19.6 Å². The first-order valence-electron chi connectivity index (χ1n) is 10.0. The van der Waals surface area contributed by atoms with E-state index in [0.717, 1.165) is 44.2 Å². The number of amides is 1. The molecule has 5 nitrogen and oxygen atoms in total. The molecule has 1 aromatic carbocycles. The molecule has 1 aromatic rings. The van der Waals surface area contributed by atoms with Gasteiger partial charge >= 0.3 is 5.97 Å². The summed E-state index contributed by atoms with van der Waals surface area (Å²) in [4.78, 5) is 28.3. The number of nitrogens with zero attached hydrogens (tertiary/aromatic N) is 2. The number of rotatable bonds is 6. The number of halogens is 1. The highest BCUT2D eigenvalue weighted by Crippen LogP contribution is 2.25. The van der Waals surface area contributed by atoms with Crippen molar-refractivity contribution in [3.05, 3.63) is 35.6 Å². The lowest BCUT2D eigenvalue weighted by Gasteiger charge is -2.37. The van der Waals surface area contributed by atoms with Crippen LogP contribution >= 0.6 is 0 Å². The Morgan fingerprint density at radius 3 is 2.44 bits per heavy atom. The monoisotopic (exact) mass is 376 g/mol. The van der Waals surface area contributed by atoms with Crippen LogP contribution in [0, 0.1) is 11.7 Å². The van der Waals surface area contributed by atoms with Gasteiger partial charge in [0.15, 0.2) is 0 Å². The smallest absolute Gasteiger partial charge is 0.307 e. The second-order valence-electron chi connectivity index (χ2n) is 7.85. The van der Waals surface area contributed by atoms with Gasteiger partial charge in [0.1, 0.15) is 5.82 Å². The summed E-state index contributed by atoms with van der Waals surface area (Å²) >= 11 is 0. The number of carboxylic acid groups (broad SMARTS) is 1.